The van der Waals surface area contributed by atoms with E-state index in [1.807, 2.05) is 24.3 Å². The van der Waals surface area contributed by atoms with Crippen LogP contribution < -0.4 is 4.74 Å². The Labute approximate surface area is 181 Å². The molecule has 1 aromatic rings. The molecule has 1 saturated heterocycles. The highest BCUT2D eigenvalue weighted by molar-refractivity contribution is 6.35. The number of carbonyl (C=O) groups is 2. The van der Waals surface area contributed by atoms with Crippen LogP contribution in [0.5, 0.6) is 5.75 Å². The van der Waals surface area contributed by atoms with Crippen LogP contribution in [-0.2, 0) is 9.59 Å². The van der Waals surface area contributed by atoms with Crippen LogP contribution in [0.2, 0.25) is 0 Å². The predicted molar refractivity (Wildman–Crippen MR) is 120 cm³/mol. The fourth-order valence-corrected chi connectivity index (χ4v) is 4.42. The third kappa shape index (κ3) is 5.24. The molecule has 2 aliphatic rings. The van der Waals surface area contributed by atoms with Gasteiger partial charge in [-0.05, 0) is 37.0 Å². The zero-order chi connectivity index (χ0) is 21.3. The molecule has 164 valence electrons. The molecule has 0 aromatic heterocycles. The lowest BCUT2D eigenvalue weighted by Crippen LogP contribution is -2.35. The minimum atomic E-state index is -0.144. The SMILES string of the molecule is CCCCCCCCCCN1C(=O)C(c2ccc(OC)cc2)=C(N2CCCC2)C1=O. The van der Waals surface area contributed by atoms with Crippen LogP contribution in [0.4, 0.5) is 0 Å². The van der Waals surface area contributed by atoms with Crippen LogP contribution in [0.3, 0.4) is 0 Å². The maximum absolute atomic E-state index is 13.3. The van der Waals surface area contributed by atoms with Gasteiger partial charge in [-0.1, -0.05) is 64.0 Å². The normalized spacial score (nSPS) is 16.9. The van der Waals surface area contributed by atoms with Gasteiger partial charge in [-0.15, -0.1) is 0 Å². The second-order valence-electron chi connectivity index (χ2n) is 8.38. The molecule has 3 rings (SSSR count). The van der Waals surface area contributed by atoms with E-state index in [0.29, 0.717) is 17.8 Å². The number of hydrogen-bond acceptors (Lipinski definition) is 4. The van der Waals surface area contributed by atoms with Gasteiger partial charge < -0.3 is 9.64 Å². The van der Waals surface area contributed by atoms with E-state index in [0.717, 1.165) is 50.1 Å². The molecule has 1 aromatic carbocycles. The summed E-state index contributed by atoms with van der Waals surface area (Å²) in [6.07, 6.45) is 11.7. The number of amides is 2. The molecule has 5 heteroatoms. The number of nitrogens with zero attached hydrogens (tertiary/aromatic N) is 2. The van der Waals surface area contributed by atoms with Gasteiger partial charge in [0.1, 0.15) is 11.4 Å². The highest BCUT2D eigenvalue weighted by Gasteiger charge is 2.41. The smallest absolute Gasteiger partial charge is 0.277 e. The maximum Gasteiger partial charge on any atom is 0.277 e. The monoisotopic (exact) mass is 412 g/mol. The zero-order valence-corrected chi connectivity index (χ0v) is 18.6. The van der Waals surface area contributed by atoms with Gasteiger partial charge in [-0.3, -0.25) is 14.5 Å². The molecule has 0 radical (unpaired) electrons. The second-order valence-corrected chi connectivity index (χ2v) is 8.38. The van der Waals surface area contributed by atoms with Crippen molar-refractivity contribution < 1.29 is 14.3 Å². The van der Waals surface area contributed by atoms with Crippen molar-refractivity contribution in [3.05, 3.63) is 35.5 Å². The van der Waals surface area contributed by atoms with Gasteiger partial charge in [0, 0.05) is 19.6 Å². The van der Waals surface area contributed by atoms with Gasteiger partial charge in [0.2, 0.25) is 0 Å². The number of imide groups is 1. The summed E-state index contributed by atoms with van der Waals surface area (Å²) in [5.41, 5.74) is 1.96. The lowest BCUT2D eigenvalue weighted by molar-refractivity contribution is -0.137. The van der Waals surface area contributed by atoms with Crippen LogP contribution in [0.15, 0.2) is 30.0 Å². The first kappa shape index (κ1) is 22.4. The summed E-state index contributed by atoms with van der Waals surface area (Å²) < 4.78 is 5.25. The van der Waals surface area contributed by atoms with Crippen molar-refractivity contribution in [3.8, 4) is 5.75 Å². The average Bonchev–Trinajstić information content (AvgIpc) is 3.37. The molecule has 5 nitrogen and oxygen atoms in total. The molecule has 30 heavy (non-hydrogen) atoms. The first-order chi connectivity index (χ1) is 14.7. The Balaban J connectivity index is 1.65. The largest absolute Gasteiger partial charge is 0.497 e. The Morgan fingerprint density at radius 2 is 1.43 bits per heavy atom. The van der Waals surface area contributed by atoms with Crippen molar-refractivity contribution in [1.82, 2.24) is 9.80 Å². The molecule has 0 N–H and O–H groups in total. The number of hydrogen-bond donors (Lipinski definition) is 0. The zero-order valence-electron chi connectivity index (χ0n) is 18.6. The number of ether oxygens (including phenoxy) is 1. The lowest BCUT2D eigenvalue weighted by Gasteiger charge is -2.20. The van der Waals surface area contributed by atoms with Gasteiger partial charge in [0.05, 0.1) is 12.7 Å². The van der Waals surface area contributed by atoms with Crippen molar-refractivity contribution in [2.24, 2.45) is 0 Å². The first-order valence-corrected chi connectivity index (χ1v) is 11.7. The number of carbonyl (C=O) groups excluding carboxylic acids is 2. The van der Waals surface area contributed by atoms with Crippen LogP contribution in [0.1, 0.15) is 76.7 Å². The molecule has 0 bridgehead atoms. The molecular weight excluding hydrogens is 376 g/mol. The van der Waals surface area contributed by atoms with Crippen molar-refractivity contribution in [3.63, 3.8) is 0 Å². The maximum atomic E-state index is 13.3. The second kappa shape index (κ2) is 11.2. The van der Waals surface area contributed by atoms with Crippen molar-refractivity contribution in [2.45, 2.75) is 71.1 Å². The van der Waals surface area contributed by atoms with Gasteiger partial charge in [-0.25, -0.2) is 0 Å². The molecule has 0 spiro atoms. The van der Waals surface area contributed by atoms with Gasteiger partial charge in [0.15, 0.2) is 0 Å². The number of benzene rings is 1. The number of methoxy groups -OCH3 is 1. The summed E-state index contributed by atoms with van der Waals surface area (Å²) in [7, 11) is 1.62. The predicted octanol–water partition coefficient (Wildman–Crippen LogP) is 5.01. The van der Waals surface area contributed by atoms with Crippen LogP contribution in [0.25, 0.3) is 5.57 Å². The summed E-state index contributed by atoms with van der Waals surface area (Å²) in [6, 6.07) is 7.47. The van der Waals surface area contributed by atoms with E-state index in [2.05, 4.69) is 11.8 Å². The third-order valence-electron chi connectivity index (χ3n) is 6.18. The van der Waals surface area contributed by atoms with Gasteiger partial charge >= 0.3 is 0 Å². The minimum Gasteiger partial charge on any atom is -0.497 e. The average molecular weight is 413 g/mol. The van der Waals surface area contributed by atoms with Crippen LogP contribution >= 0.6 is 0 Å². The quantitative estimate of drug-likeness (QED) is 0.358. The third-order valence-corrected chi connectivity index (χ3v) is 6.18. The van der Waals surface area contributed by atoms with Crippen LogP contribution in [-0.4, -0.2) is 48.4 Å². The Morgan fingerprint density at radius 1 is 0.833 bits per heavy atom. The molecule has 0 aliphatic carbocycles. The van der Waals surface area contributed by atoms with Crippen LogP contribution in [0, 0.1) is 0 Å². The fourth-order valence-electron chi connectivity index (χ4n) is 4.42. The van der Waals surface area contributed by atoms with Crippen molar-refractivity contribution >= 4 is 17.4 Å². The molecule has 2 amide bonds. The summed E-state index contributed by atoms with van der Waals surface area (Å²) in [4.78, 5) is 30.1. The molecule has 0 atom stereocenters. The fraction of sp³-hybridized carbons (Fsp3) is 0.600. The number of unbranched alkanes of at least 4 members (excludes halogenated alkanes) is 7. The van der Waals surface area contributed by atoms with Gasteiger partial charge in [0.25, 0.3) is 11.8 Å². The Hall–Kier alpha value is -2.30. The molecule has 0 saturated carbocycles. The van der Waals surface area contributed by atoms with E-state index in [9.17, 15) is 9.59 Å². The van der Waals surface area contributed by atoms with Gasteiger partial charge in [-0.2, -0.15) is 0 Å². The van der Waals surface area contributed by atoms with E-state index in [1.165, 1.54) is 43.4 Å². The Kier molecular flexibility index (Phi) is 8.35. The van der Waals surface area contributed by atoms with E-state index in [-0.39, 0.29) is 11.8 Å². The first-order valence-electron chi connectivity index (χ1n) is 11.7. The van der Waals surface area contributed by atoms with E-state index >= 15 is 0 Å². The van der Waals surface area contributed by atoms with E-state index in [1.54, 1.807) is 7.11 Å². The summed E-state index contributed by atoms with van der Waals surface area (Å²) in [5.74, 6) is 0.486. The minimum absolute atomic E-state index is 0.115. The topological polar surface area (TPSA) is 49.9 Å². The molecular formula is C25H36N2O3. The van der Waals surface area contributed by atoms with E-state index < -0.39 is 0 Å². The Morgan fingerprint density at radius 3 is 2.03 bits per heavy atom. The summed E-state index contributed by atoms with van der Waals surface area (Å²) in [6.45, 7) is 4.44. The molecule has 0 unspecified atom stereocenters. The highest BCUT2D eigenvalue weighted by atomic mass is 16.5. The summed E-state index contributed by atoms with van der Waals surface area (Å²) in [5, 5.41) is 0. The Bertz CT molecular complexity index is 748. The van der Waals surface area contributed by atoms with E-state index in [4.69, 9.17) is 4.74 Å². The molecule has 2 aliphatic heterocycles. The number of likely N-dealkylation sites (tertiary alicyclic amines) is 1. The van der Waals surface area contributed by atoms with Crippen molar-refractivity contribution in [1.29, 1.82) is 0 Å². The number of rotatable bonds is 12. The standard InChI is InChI=1S/C25H36N2O3/c1-3-4-5-6-7-8-9-10-19-27-24(28)22(20-13-15-21(30-2)16-14-20)23(25(27)29)26-17-11-12-18-26/h13-16H,3-12,17-19H2,1-2H3. The highest BCUT2D eigenvalue weighted by Crippen LogP contribution is 2.34. The lowest BCUT2D eigenvalue weighted by atomic mass is 10.0. The molecule has 2 heterocycles. The summed E-state index contributed by atoms with van der Waals surface area (Å²) >= 11 is 0. The van der Waals surface area contributed by atoms with Crippen molar-refractivity contribution in [2.75, 3.05) is 26.7 Å². The molecule has 1 fully saturated rings.